The molecule has 0 spiro atoms. The second kappa shape index (κ2) is 6.01. The van der Waals surface area contributed by atoms with E-state index in [0.717, 1.165) is 27.2 Å². The molecule has 1 N–H and O–H groups in total. The van der Waals surface area contributed by atoms with Crippen LogP contribution in [0.2, 0.25) is 19.6 Å². The maximum atomic E-state index is 10.8. The molecule has 0 aliphatic heterocycles. The number of phenols is 1. The van der Waals surface area contributed by atoms with Crippen LogP contribution in [0, 0.1) is 0 Å². The molecule has 0 aliphatic rings. The first-order chi connectivity index (χ1) is 11.0. The Balaban J connectivity index is 2.18. The largest absolute Gasteiger partial charge is 0.507 e. The predicted octanol–water partition coefficient (Wildman–Crippen LogP) is 4.84. The molecular weight excluding hydrogens is 298 g/mol. The Bertz CT molecular complexity index is 864. The lowest BCUT2D eigenvalue weighted by Crippen LogP contribution is -2.38. The minimum absolute atomic E-state index is 0.377. The number of nitrogens with zero attached hydrogens (tertiary/aromatic N) is 1. The smallest absolute Gasteiger partial charge is 0.124 e. The fourth-order valence-corrected chi connectivity index (χ4v) is 4.76. The summed E-state index contributed by atoms with van der Waals surface area (Å²) in [4.78, 5) is 4.50. The summed E-state index contributed by atoms with van der Waals surface area (Å²) in [7, 11) is -1.69. The molecule has 3 rings (SSSR count). The molecule has 2 nitrogen and oxygen atoms in total. The Kier molecular flexibility index (Phi) is 4.05. The Morgan fingerprint density at radius 1 is 0.913 bits per heavy atom. The first kappa shape index (κ1) is 15.5. The van der Waals surface area contributed by atoms with Gasteiger partial charge in [-0.25, -0.2) is 0 Å². The molecule has 3 aromatic carbocycles. The van der Waals surface area contributed by atoms with E-state index in [-0.39, 0.29) is 0 Å². The summed E-state index contributed by atoms with van der Waals surface area (Å²) in [6.07, 6.45) is 1.76. The summed E-state index contributed by atoms with van der Waals surface area (Å²) in [5.41, 5.74) is 1.67. The molecule has 23 heavy (non-hydrogen) atoms. The van der Waals surface area contributed by atoms with E-state index in [4.69, 9.17) is 0 Å². The van der Waals surface area contributed by atoms with Crippen LogP contribution in [-0.4, -0.2) is 19.4 Å². The SMILES string of the molecule is C[Si](C)(C)c1c(O)c(C=Nc2ccccc2)cc2ccccc12. The van der Waals surface area contributed by atoms with Crippen LogP contribution in [0.1, 0.15) is 5.56 Å². The van der Waals surface area contributed by atoms with Gasteiger partial charge in [0.05, 0.1) is 13.8 Å². The van der Waals surface area contributed by atoms with Gasteiger partial charge >= 0.3 is 0 Å². The molecular formula is C20H21NOSi. The maximum absolute atomic E-state index is 10.8. The van der Waals surface area contributed by atoms with E-state index in [9.17, 15) is 5.11 Å². The average molecular weight is 319 g/mol. The molecule has 0 aromatic heterocycles. The number of benzene rings is 3. The summed E-state index contributed by atoms with van der Waals surface area (Å²) in [5, 5.41) is 14.2. The van der Waals surface area contributed by atoms with Crippen molar-refractivity contribution < 1.29 is 5.11 Å². The predicted molar refractivity (Wildman–Crippen MR) is 102 cm³/mol. The zero-order valence-corrected chi connectivity index (χ0v) is 14.7. The highest BCUT2D eigenvalue weighted by Gasteiger charge is 2.24. The van der Waals surface area contributed by atoms with Crippen molar-refractivity contribution in [2.75, 3.05) is 0 Å². The highest BCUT2D eigenvalue weighted by molar-refractivity contribution is 6.91. The third kappa shape index (κ3) is 3.20. The number of para-hydroxylation sites is 1. The van der Waals surface area contributed by atoms with E-state index in [1.54, 1.807) is 6.21 Å². The van der Waals surface area contributed by atoms with Crippen LogP contribution in [0.25, 0.3) is 10.8 Å². The van der Waals surface area contributed by atoms with E-state index in [2.05, 4.69) is 36.8 Å². The Hall–Kier alpha value is -2.39. The standard InChI is InChI=1S/C20H21NOSi/c1-23(2,3)20-18-12-8-7-9-15(18)13-16(19(20)22)14-21-17-10-5-4-6-11-17/h4-14,22H,1-3H3. The number of fused-ring (bicyclic) bond motifs is 1. The van der Waals surface area contributed by atoms with Gasteiger partial charge in [-0.15, -0.1) is 0 Å². The van der Waals surface area contributed by atoms with Gasteiger partial charge in [-0.05, 0) is 34.2 Å². The molecule has 0 saturated carbocycles. The second-order valence-corrected chi connectivity index (χ2v) is 11.8. The molecule has 0 amide bonds. The van der Waals surface area contributed by atoms with Crippen molar-refractivity contribution >= 4 is 35.9 Å². The summed E-state index contributed by atoms with van der Waals surface area (Å²) in [6, 6.07) is 20.1. The van der Waals surface area contributed by atoms with Gasteiger partial charge in [0.2, 0.25) is 0 Å². The Labute approximate surface area is 138 Å². The Morgan fingerprint density at radius 3 is 2.26 bits per heavy atom. The zero-order valence-electron chi connectivity index (χ0n) is 13.7. The lowest BCUT2D eigenvalue weighted by Gasteiger charge is -2.22. The van der Waals surface area contributed by atoms with Crippen molar-refractivity contribution in [3.05, 3.63) is 66.2 Å². The van der Waals surface area contributed by atoms with Crippen molar-refractivity contribution in [2.24, 2.45) is 4.99 Å². The van der Waals surface area contributed by atoms with Gasteiger partial charge in [0.1, 0.15) is 5.75 Å². The third-order valence-corrected chi connectivity index (χ3v) is 5.92. The number of aromatic hydroxyl groups is 1. The van der Waals surface area contributed by atoms with E-state index in [0.29, 0.717) is 5.75 Å². The lowest BCUT2D eigenvalue weighted by atomic mass is 10.1. The van der Waals surface area contributed by atoms with Crippen LogP contribution in [0.5, 0.6) is 5.75 Å². The highest BCUT2D eigenvalue weighted by atomic mass is 28.3. The molecule has 0 radical (unpaired) electrons. The fraction of sp³-hybridized carbons (Fsp3) is 0.150. The lowest BCUT2D eigenvalue weighted by molar-refractivity contribution is 0.479. The molecule has 0 unspecified atom stereocenters. The number of rotatable bonds is 3. The number of hydrogen-bond donors (Lipinski definition) is 1. The molecule has 116 valence electrons. The number of hydrogen-bond acceptors (Lipinski definition) is 2. The van der Waals surface area contributed by atoms with E-state index in [1.165, 1.54) is 0 Å². The van der Waals surface area contributed by atoms with E-state index in [1.807, 2.05) is 48.5 Å². The minimum atomic E-state index is -1.69. The second-order valence-electron chi connectivity index (χ2n) is 6.75. The highest BCUT2D eigenvalue weighted by Crippen LogP contribution is 2.26. The first-order valence-electron chi connectivity index (χ1n) is 7.81. The first-order valence-corrected chi connectivity index (χ1v) is 11.3. The molecule has 0 bridgehead atoms. The topological polar surface area (TPSA) is 32.6 Å². The minimum Gasteiger partial charge on any atom is -0.507 e. The van der Waals surface area contributed by atoms with Gasteiger partial charge in [-0.3, -0.25) is 4.99 Å². The molecule has 0 atom stereocenters. The molecule has 0 heterocycles. The van der Waals surface area contributed by atoms with Crippen molar-refractivity contribution in [1.82, 2.24) is 0 Å². The van der Waals surface area contributed by atoms with Crippen molar-refractivity contribution in [3.8, 4) is 5.75 Å². The summed E-state index contributed by atoms with van der Waals surface area (Å²) in [6.45, 7) is 6.77. The average Bonchev–Trinajstić information content (AvgIpc) is 2.52. The van der Waals surface area contributed by atoms with Crippen LogP contribution in [-0.2, 0) is 0 Å². The zero-order chi connectivity index (χ0) is 16.4. The number of aliphatic imine (C=N–C) groups is 1. The summed E-state index contributed by atoms with van der Waals surface area (Å²) < 4.78 is 0. The number of phenolic OH excluding ortho intramolecular Hbond substituents is 1. The molecule has 0 aliphatic carbocycles. The van der Waals surface area contributed by atoms with Crippen LogP contribution < -0.4 is 5.19 Å². The van der Waals surface area contributed by atoms with Gasteiger partial charge in [0, 0.05) is 11.8 Å². The van der Waals surface area contributed by atoms with Crippen LogP contribution in [0.3, 0.4) is 0 Å². The fourth-order valence-electron chi connectivity index (χ4n) is 2.87. The van der Waals surface area contributed by atoms with Crippen LogP contribution >= 0.6 is 0 Å². The van der Waals surface area contributed by atoms with E-state index >= 15 is 0 Å². The van der Waals surface area contributed by atoms with Crippen molar-refractivity contribution in [2.45, 2.75) is 19.6 Å². The van der Waals surface area contributed by atoms with Gasteiger partial charge in [0.15, 0.2) is 0 Å². The molecule has 3 aromatic rings. The molecule has 3 heteroatoms. The summed E-state index contributed by atoms with van der Waals surface area (Å²) >= 11 is 0. The van der Waals surface area contributed by atoms with Gasteiger partial charge < -0.3 is 5.11 Å². The van der Waals surface area contributed by atoms with Gasteiger partial charge in [0.25, 0.3) is 0 Å². The van der Waals surface area contributed by atoms with Crippen molar-refractivity contribution in [3.63, 3.8) is 0 Å². The maximum Gasteiger partial charge on any atom is 0.124 e. The monoisotopic (exact) mass is 319 g/mol. The normalized spacial score (nSPS) is 12.1. The van der Waals surface area contributed by atoms with Crippen LogP contribution in [0.15, 0.2) is 65.7 Å². The quantitative estimate of drug-likeness (QED) is 0.544. The van der Waals surface area contributed by atoms with Crippen molar-refractivity contribution in [1.29, 1.82) is 0 Å². The van der Waals surface area contributed by atoms with Gasteiger partial charge in [-0.2, -0.15) is 0 Å². The van der Waals surface area contributed by atoms with Gasteiger partial charge in [-0.1, -0.05) is 62.1 Å². The molecule has 0 saturated heterocycles. The third-order valence-electron chi connectivity index (χ3n) is 3.91. The Morgan fingerprint density at radius 2 is 1.57 bits per heavy atom. The van der Waals surface area contributed by atoms with Crippen LogP contribution in [0.4, 0.5) is 5.69 Å². The summed E-state index contributed by atoms with van der Waals surface area (Å²) in [5.74, 6) is 0.377. The van der Waals surface area contributed by atoms with E-state index < -0.39 is 8.07 Å². The molecule has 0 fully saturated rings.